The SMILES string of the molecule is Cc1cc2c(N3CCCc4cc(-c5cnn(C)c5)c(C(F)F)cc43)nc(N3CCC(C)(N)CC3)cc2n(C)c1=O. The van der Waals surface area contributed by atoms with Gasteiger partial charge in [-0.3, -0.25) is 9.48 Å². The lowest BCUT2D eigenvalue weighted by Crippen LogP contribution is -2.48. The molecule has 0 unspecified atom stereocenters. The van der Waals surface area contributed by atoms with E-state index in [2.05, 4.69) is 21.8 Å². The van der Waals surface area contributed by atoms with Gasteiger partial charge in [-0.05, 0) is 68.9 Å². The first-order valence-electron chi connectivity index (χ1n) is 13.8. The van der Waals surface area contributed by atoms with Crippen LogP contribution >= 0.6 is 0 Å². The van der Waals surface area contributed by atoms with Crippen LogP contribution in [0.15, 0.2) is 41.5 Å². The molecule has 3 aromatic heterocycles. The van der Waals surface area contributed by atoms with Crippen LogP contribution in [0.1, 0.15) is 49.3 Å². The number of benzene rings is 1. The molecule has 2 aliphatic heterocycles. The largest absolute Gasteiger partial charge is 0.356 e. The Kier molecular flexibility index (Phi) is 6.40. The van der Waals surface area contributed by atoms with Gasteiger partial charge in [0.2, 0.25) is 0 Å². The summed E-state index contributed by atoms with van der Waals surface area (Å²) in [5, 5.41) is 5.03. The number of halogens is 2. The lowest BCUT2D eigenvalue weighted by molar-refractivity contribution is 0.152. The van der Waals surface area contributed by atoms with E-state index in [0.717, 1.165) is 66.7 Å². The lowest BCUT2D eigenvalue weighted by atomic mass is 9.91. The highest BCUT2D eigenvalue weighted by Gasteiger charge is 2.30. The number of nitrogens with two attached hydrogens (primary N) is 1. The molecule has 2 aliphatic rings. The fourth-order valence-corrected chi connectivity index (χ4v) is 6.06. The van der Waals surface area contributed by atoms with E-state index >= 15 is 0 Å². The second-order valence-corrected chi connectivity index (χ2v) is 11.6. The molecular weight excluding hydrogens is 512 g/mol. The van der Waals surface area contributed by atoms with Crippen molar-refractivity contribution in [3.05, 3.63) is 63.7 Å². The standard InChI is InChI=1S/C30H35F2N7O/c1-18-12-23-25(37(4)29(18)40)15-26(38-10-7-30(2,33)8-11-38)35-28(23)39-9-5-6-19-13-21(20-16-34-36(3)17-20)22(27(31)32)14-24(19)39/h12-17,27H,5-11,33H2,1-4H3. The molecule has 6 rings (SSSR count). The average molecular weight is 548 g/mol. The number of fused-ring (bicyclic) bond motifs is 2. The van der Waals surface area contributed by atoms with Crippen molar-refractivity contribution < 1.29 is 8.78 Å². The van der Waals surface area contributed by atoms with Gasteiger partial charge in [0.05, 0.1) is 11.7 Å². The predicted molar refractivity (Wildman–Crippen MR) is 155 cm³/mol. The van der Waals surface area contributed by atoms with E-state index in [1.54, 1.807) is 48.7 Å². The summed E-state index contributed by atoms with van der Waals surface area (Å²) in [6, 6.07) is 7.36. The molecule has 0 aliphatic carbocycles. The second-order valence-electron chi connectivity index (χ2n) is 11.6. The summed E-state index contributed by atoms with van der Waals surface area (Å²) in [4.78, 5) is 22.4. The van der Waals surface area contributed by atoms with E-state index in [-0.39, 0.29) is 16.7 Å². The van der Waals surface area contributed by atoms with Crippen molar-refractivity contribution in [3.63, 3.8) is 0 Å². The smallest absolute Gasteiger partial charge is 0.264 e. The van der Waals surface area contributed by atoms with Crippen LogP contribution in [0.5, 0.6) is 0 Å². The molecule has 40 heavy (non-hydrogen) atoms. The maximum absolute atomic E-state index is 14.5. The molecule has 1 aromatic carbocycles. The highest BCUT2D eigenvalue weighted by Crippen LogP contribution is 2.43. The average Bonchev–Trinajstić information content (AvgIpc) is 3.36. The van der Waals surface area contributed by atoms with E-state index in [0.29, 0.717) is 29.1 Å². The first kappa shape index (κ1) is 26.4. The first-order valence-corrected chi connectivity index (χ1v) is 13.8. The van der Waals surface area contributed by atoms with Crippen LogP contribution in [0.25, 0.3) is 22.0 Å². The maximum atomic E-state index is 14.5. The van der Waals surface area contributed by atoms with Crippen molar-refractivity contribution in [1.82, 2.24) is 19.3 Å². The molecule has 5 heterocycles. The number of anilines is 3. The summed E-state index contributed by atoms with van der Waals surface area (Å²) < 4.78 is 32.2. The Labute approximate surface area is 232 Å². The molecule has 0 bridgehead atoms. The van der Waals surface area contributed by atoms with Crippen molar-refractivity contribution in [2.45, 2.75) is 51.5 Å². The quantitative estimate of drug-likeness (QED) is 0.388. The van der Waals surface area contributed by atoms with Crippen LogP contribution in [0, 0.1) is 6.92 Å². The van der Waals surface area contributed by atoms with Gasteiger partial charge in [-0.1, -0.05) is 0 Å². The highest BCUT2D eigenvalue weighted by atomic mass is 19.3. The molecule has 210 valence electrons. The van der Waals surface area contributed by atoms with Crippen LogP contribution in [0.2, 0.25) is 0 Å². The fourth-order valence-electron chi connectivity index (χ4n) is 6.06. The van der Waals surface area contributed by atoms with Crippen molar-refractivity contribution in [2.24, 2.45) is 19.8 Å². The van der Waals surface area contributed by atoms with Crippen LogP contribution < -0.4 is 21.1 Å². The minimum Gasteiger partial charge on any atom is -0.356 e. The zero-order chi connectivity index (χ0) is 28.3. The Bertz CT molecular complexity index is 1660. The minimum absolute atomic E-state index is 0.0269. The van der Waals surface area contributed by atoms with Crippen LogP contribution in [0.4, 0.5) is 26.1 Å². The van der Waals surface area contributed by atoms with E-state index in [1.807, 2.05) is 18.2 Å². The number of hydrogen-bond donors (Lipinski definition) is 1. The van der Waals surface area contributed by atoms with E-state index in [9.17, 15) is 13.6 Å². The third-order valence-corrected chi connectivity index (χ3v) is 8.47. The molecule has 0 radical (unpaired) electrons. The van der Waals surface area contributed by atoms with E-state index < -0.39 is 6.43 Å². The van der Waals surface area contributed by atoms with Gasteiger partial charge in [-0.25, -0.2) is 13.8 Å². The van der Waals surface area contributed by atoms with Gasteiger partial charge in [0, 0.05) is 79.3 Å². The van der Waals surface area contributed by atoms with Crippen LogP contribution in [0.3, 0.4) is 0 Å². The molecule has 10 heteroatoms. The first-order chi connectivity index (χ1) is 19.0. The Hall–Kier alpha value is -3.79. The zero-order valence-corrected chi connectivity index (χ0v) is 23.4. The Morgan fingerprint density at radius 1 is 1.07 bits per heavy atom. The summed E-state index contributed by atoms with van der Waals surface area (Å²) >= 11 is 0. The number of piperidine rings is 1. The Morgan fingerprint density at radius 3 is 2.50 bits per heavy atom. The highest BCUT2D eigenvalue weighted by molar-refractivity contribution is 5.95. The van der Waals surface area contributed by atoms with Gasteiger partial charge < -0.3 is 20.1 Å². The van der Waals surface area contributed by atoms with Gasteiger partial charge in [0.25, 0.3) is 12.0 Å². The molecule has 0 amide bonds. The predicted octanol–water partition coefficient (Wildman–Crippen LogP) is 4.98. The topological polar surface area (TPSA) is 85.2 Å². The van der Waals surface area contributed by atoms with Crippen LogP contribution in [-0.4, -0.2) is 44.5 Å². The summed E-state index contributed by atoms with van der Waals surface area (Å²) in [5.74, 6) is 1.45. The molecular formula is C30H35F2N7O. The van der Waals surface area contributed by atoms with Gasteiger partial charge in [-0.15, -0.1) is 0 Å². The molecule has 4 aromatic rings. The number of rotatable bonds is 4. The summed E-state index contributed by atoms with van der Waals surface area (Å²) in [6.07, 6.45) is 4.02. The van der Waals surface area contributed by atoms with Crippen molar-refractivity contribution in [1.29, 1.82) is 0 Å². The molecule has 0 spiro atoms. The lowest BCUT2D eigenvalue weighted by Gasteiger charge is -2.38. The molecule has 0 atom stereocenters. The number of hydrogen-bond acceptors (Lipinski definition) is 6. The van der Waals surface area contributed by atoms with E-state index in [1.165, 1.54) is 0 Å². The zero-order valence-electron chi connectivity index (χ0n) is 23.4. The number of nitrogens with zero attached hydrogens (tertiary/aromatic N) is 6. The van der Waals surface area contributed by atoms with Gasteiger partial charge in [-0.2, -0.15) is 5.10 Å². The molecule has 1 fully saturated rings. The van der Waals surface area contributed by atoms with Crippen LogP contribution in [-0.2, 0) is 20.5 Å². The molecule has 0 saturated carbocycles. The van der Waals surface area contributed by atoms with Gasteiger partial charge >= 0.3 is 0 Å². The van der Waals surface area contributed by atoms with E-state index in [4.69, 9.17) is 10.7 Å². The van der Waals surface area contributed by atoms with Crippen molar-refractivity contribution in [2.75, 3.05) is 29.4 Å². The normalized spacial score (nSPS) is 17.1. The third kappa shape index (κ3) is 4.54. The third-order valence-electron chi connectivity index (χ3n) is 8.47. The number of aryl methyl sites for hydroxylation is 4. The number of aromatic nitrogens is 4. The number of pyridine rings is 2. The van der Waals surface area contributed by atoms with Crippen molar-refractivity contribution in [3.8, 4) is 11.1 Å². The summed E-state index contributed by atoms with van der Waals surface area (Å²) in [5.41, 5.74) is 10.4. The molecule has 1 saturated heterocycles. The maximum Gasteiger partial charge on any atom is 0.264 e. The Balaban J connectivity index is 1.54. The fraction of sp³-hybridized carbons (Fsp3) is 0.433. The summed E-state index contributed by atoms with van der Waals surface area (Å²) in [6.45, 7) is 6.01. The van der Waals surface area contributed by atoms with Crippen molar-refractivity contribution >= 4 is 28.2 Å². The van der Waals surface area contributed by atoms with Gasteiger partial charge in [0.1, 0.15) is 11.6 Å². The number of alkyl halides is 2. The Morgan fingerprint density at radius 2 is 1.82 bits per heavy atom. The minimum atomic E-state index is -2.65. The molecule has 2 N–H and O–H groups in total. The van der Waals surface area contributed by atoms with Gasteiger partial charge in [0.15, 0.2) is 0 Å². The second kappa shape index (κ2) is 9.69. The summed E-state index contributed by atoms with van der Waals surface area (Å²) in [7, 11) is 3.55. The molecule has 8 nitrogen and oxygen atoms in total. The monoisotopic (exact) mass is 547 g/mol.